The highest BCUT2D eigenvalue weighted by atomic mass is 16.5. The van der Waals surface area contributed by atoms with Gasteiger partial charge in [0.15, 0.2) is 5.82 Å². The van der Waals surface area contributed by atoms with Crippen LogP contribution in [-0.4, -0.2) is 76.2 Å². The van der Waals surface area contributed by atoms with E-state index in [1.165, 1.54) is 0 Å². The van der Waals surface area contributed by atoms with Gasteiger partial charge in [0.25, 0.3) is 5.91 Å². The van der Waals surface area contributed by atoms with Gasteiger partial charge in [0.2, 0.25) is 0 Å². The Hall–Kier alpha value is -2.29. The Balaban J connectivity index is 1.51. The van der Waals surface area contributed by atoms with Crippen LogP contribution < -0.4 is 5.32 Å². The molecule has 3 rings (SSSR count). The number of piperidine rings is 1. The molecule has 28 heavy (non-hydrogen) atoms. The van der Waals surface area contributed by atoms with Crippen molar-refractivity contribution in [2.24, 2.45) is 0 Å². The van der Waals surface area contributed by atoms with Gasteiger partial charge in [-0.3, -0.25) is 4.79 Å². The van der Waals surface area contributed by atoms with Crippen molar-refractivity contribution < 1.29 is 14.6 Å². The fourth-order valence-corrected chi connectivity index (χ4v) is 3.58. The number of hydrogen-bond acceptors (Lipinski definition) is 6. The number of nitrogens with one attached hydrogen (secondary N) is 1. The van der Waals surface area contributed by atoms with Gasteiger partial charge in [-0.2, -0.15) is 5.10 Å². The Labute approximate surface area is 165 Å². The monoisotopic (exact) mass is 387 g/mol. The van der Waals surface area contributed by atoms with Crippen molar-refractivity contribution in [3.05, 3.63) is 41.3 Å². The topological polar surface area (TPSA) is 92.5 Å². The standard InChI is InChI=1S/C20H29N5O3/c1-14-10-15(2)25(23-14)19-5-4-16(11-21-19)20(27)22-17-6-8-24(9-7-17)12-18(26)13-28-3/h4-5,10-11,17-18,26H,6-9,12-13H2,1-3H3,(H,22,27). The van der Waals surface area contributed by atoms with Crippen LogP contribution in [0.25, 0.3) is 5.82 Å². The van der Waals surface area contributed by atoms with Crippen molar-refractivity contribution in [2.75, 3.05) is 33.4 Å². The average Bonchev–Trinajstić information content (AvgIpc) is 3.02. The van der Waals surface area contributed by atoms with E-state index < -0.39 is 6.10 Å². The fraction of sp³-hybridized carbons (Fsp3) is 0.550. The Morgan fingerprint density at radius 3 is 2.68 bits per heavy atom. The first-order valence-electron chi connectivity index (χ1n) is 9.66. The number of ether oxygens (including phenoxy) is 1. The van der Waals surface area contributed by atoms with E-state index in [1.54, 1.807) is 24.1 Å². The quantitative estimate of drug-likeness (QED) is 0.739. The van der Waals surface area contributed by atoms with E-state index in [4.69, 9.17) is 4.74 Å². The van der Waals surface area contributed by atoms with Crippen LogP contribution in [0.4, 0.5) is 0 Å². The van der Waals surface area contributed by atoms with Crippen LogP contribution in [-0.2, 0) is 4.74 Å². The average molecular weight is 387 g/mol. The van der Waals surface area contributed by atoms with Crippen molar-refractivity contribution in [3.8, 4) is 5.82 Å². The number of carbonyl (C=O) groups excluding carboxylic acids is 1. The highest BCUT2D eigenvalue weighted by molar-refractivity contribution is 5.94. The molecule has 2 N–H and O–H groups in total. The molecule has 0 aromatic carbocycles. The van der Waals surface area contributed by atoms with E-state index >= 15 is 0 Å². The first kappa shape index (κ1) is 20.4. The zero-order chi connectivity index (χ0) is 20.1. The summed E-state index contributed by atoms with van der Waals surface area (Å²) in [6.45, 7) is 6.56. The van der Waals surface area contributed by atoms with E-state index in [0.29, 0.717) is 24.5 Å². The van der Waals surface area contributed by atoms with Gasteiger partial charge in [0.05, 0.1) is 24.0 Å². The molecular formula is C20H29N5O3. The number of pyridine rings is 1. The molecule has 3 heterocycles. The SMILES string of the molecule is COCC(O)CN1CCC(NC(=O)c2ccc(-n3nc(C)cc3C)nc2)CC1. The lowest BCUT2D eigenvalue weighted by molar-refractivity contribution is 0.0309. The van der Waals surface area contributed by atoms with Crippen molar-refractivity contribution in [1.29, 1.82) is 0 Å². The van der Waals surface area contributed by atoms with Crippen LogP contribution in [0.1, 0.15) is 34.6 Å². The zero-order valence-electron chi connectivity index (χ0n) is 16.8. The van der Waals surface area contributed by atoms with Crippen LogP contribution >= 0.6 is 0 Å². The molecule has 2 aromatic rings. The molecule has 1 unspecified atom stereocenters. The summed E-state index contributed by atoms with van der Waals surface area (Å²) in [6.07, 6.45) is 2.85. The normalized spacial score (nSPS) is 16.9. The van der Waals surface area contributed by atoms with Crippen molar-refractivity contribution in [1.82, 2.24) is 25.0 Å². The molecule has 1 aliphatic heterocycles. The molecule has 1 aliphatic rings. The van der Waals surface area contributed by atoms with Gasteiger partial charge >= 0.3 is 0 Å². The van der Waals surface area contributed by atoms with Crippen molar-refractivity contribution in [3.63, 3.8) is 0 Å². The van der Waals surface area contributed by atoms with Gasteiger partial charge in [-0.1, -0.05) is 0 Å². The molecule has 0 radical (unpaired) electrons. The second-order valence-electron chi connectivity index (χ2n) is 7.40. The minimum absolute atomic E-state index is 0.106. The summed E-state index contributed by atoms with van der Waals surface area (Å²) in [5, 5.41) is 17.3. The Bertz CT molecular complexity index is 782. The smallest absolute Gasteiger partial charge is 0.253 e. The number of rotatable bonds is 7. The van der Waals surface area contributed by atoms with E-state index in [-0.39, 0.29) is 11.9 Å². The molecule has 0 spiro atoms. The summed E-state index contributed by atoms with van der Waals surface area (Å²) in [4.78, 5) is 19.1. The number of aliphatic hydroxyl groups excluding tert-OH is 1. The van der Waals surface area contributed by atoms with Gasteiger partial charge in [-0.15, -0.1) is 0 Å². The van der Waals surface area contributed by atoms with E-state index in [0.717, 1.165) is 37.3 Å². The number of aromatic nitrogens is 3. The Morgan fingerprint density at radius 2 is 2.11 bits per heavy atom. The van der Waals surface area contributed by atoms with Crippen LogP contribution in [0.15, 0.2) is 24.4 Å². The summed E-state index contributed by atoms with van der Waals surface area (Å²) in [5.74, 6) is 0.593. The highest BCUT2D eigenvalue weighted by Gasteiger charge is 2.22. The second-order valence-corrected chi connectivity index (χ2v) is 7.40. The first-order chi connectivity index (χ1) is 13.5. The van der Waals surface area contributed by atoms with Crippen molar-refractivity contribution in [2.45, 2.75) is 38.8 Å². The summed E-state index contributed by atoms with van der Waals surface area (Å²) >= 11 is 0. The third kappa shape index (κ3) is 5.15. The molecule has 1 amide bonds. The number of methoxy groups -OCH3 is 1. The number of likely N-dealkylation sites (tertiary alicyclic amines) is 1. The molecule has 1 atom stereocenters. The lowest BCUT2D eigenvalue weighted by Gasteiger charge is -2.33. The molecule has 0 bridgehead atoms. The molecular weight excluding hydrogens is 358 g/mol. The molecule has 8 nitrogen and oxygen atoms in total. The van der Waals surface area contributed by atoms with Crippen LogP contribution in [0.3, 0.4) is 0 Å². The first-order valence-corrected chi connectivity index (χ1v) is 9.66. The van der Waals surface area contributed by atoms with Crippen LogP contribution in [0, 0.1) is 13.8 Å². The van der Waals surface area contributed by atoms with Crippen molar-refractivity contribution >= 4 is 5.91 Å². The summed E-state index contributed by atoms with van der Waals surface area (Å²) in [6, 6.07) is 5.72. The summed E-state index contributed by atoms with van der Waals surface area (Å²) < 4.78 is 6.74. The lowest BCUT2D eigenvalue weighted by Crippen LogP contribution is -2.47. The van der Waals surface area contributed by atoms with Gasteiger partial charge in [0, 0.05) is 44.7 Å². The van der Waals surface area contributed by atoms with Gasteiger partial charge in [0.1, 0.15) is 0 Å². The van der Waals surface area contributed by atoms with Crippen LogP contribution in [0.5, 0.6) is 0 Å². The molecule has 0 aliphatic carbocycles. The molecule has 8 heteroatoms. The minimum Gasteiger partial charge on any atom is -0.389 e. The number of nitrogens with zero attached hydrogens (tertiary/aromatic N) is 4. The third-order valence-electron chi connectivity index (χ3n) is 4.99. The third-order valence-corrected chi connectivity index (χ3v) is 4.99. The molecule has 2 aromatic heterocycles. The largest absolute Gasteiger partial charge is 0.389 e. The lowest BCUT2D eigenvalue weighted by atomic mass is 10.0. The molecule has 1 saturated heterocycles. The number of hydrogen-bond donors (Lipinski definition) is 2. The van der Waals surface area contributed by atoms with Gasteiger partial charge in [-0.25, -0.2) is 9.67 Å². The number of carbonyl (C=O) groups is 1. The van der Waals surface area contributed by atoms with E-state index in [2.05, 4.69) is 20.3 Å². The molecule has 1 fully saturated rings. The summed E-state index contributed by atoms with van der Waals surface area (Å²) in [7, 11) is 1.59. The van der Waals surface area contributed by atoms with Gasteiger partial charge < -0.3 is 20.1 Å². The predicted octanol–water partition coefficient (Wildman–Crippen LogP) is 1.09. The fourth-order valence-electron chi connectivity index (χ4n) is 3.58. The van der Waals surface area contributed by atoms with E-state index in [1.807, 2.05) is 26.0 Å². The molecule has 0 saturated carbocycles. The predicted molar refractivity (Wildman–Crippen MR) is 106 cm³/mol. The van der Waals surface area contributed by atoms with E-state index in [9.17, 15) is 9.90 Å². The highest BCUT2D eigenvalue weighted by Crippen LogP contribution is 2.13. The number of aliphatic hydroxyl groups is 1. The maximum Gasteiger partial charge on any atom is 0.253 e. The maximum atomic E-state index is 12.5. The molecule has 152 valence electrons. The second kappa shape index (κ2) is 9.27. The zero-order valence-corrected chi connectivity index (χ0v) is 16.8. The number of amides is 1. The number of β-amino-alcohol motifs (C(OH)–C–C–N with tert-alkyl or cyclic N) is 1. The summed E-state index contributed by atoms with van der Waals surface area (Å²) in [5.41, 5.74) is 2.48. The number of aryl methyl sites for hydroxylation is 2. The minimum atomic E-state index is -0.469. The Kier molecular flexibility index (Phi) is 6.77. The van der Waals surface area contributed by atoms with Crippen LogP contribution in [0.2, 0.25) is 0 Å². The maximum absolute atomic E-state index is 12.5. The van der Waals surface area contributed by atoms with Gasteiger partial charge in [-0.05, 0) is 44.9 Å². The Morgan fingerprint density at radius 1 is 1.36 bits per heavy atom.